The zero-order chi connectivity index (χ0) is 19.8. The number of ether oxygens (including phenoxy) is 1. The van der Waals surface area contributed by atoms with Crippen LogP contribution < -0.4 is 15.4 Å². The van der Waals surface area contributed by atoms with E-state index in [-0.39, 0.29) is 25.0 Å². The van der Waals surface area contributed by atoms with E-state index in [1.807, 2.05) is 72.8 Å². The minimum Gasteiger partial charge on any atom is -0.492 e. The Labute approximate surface area is 168 Å². The fourth-order valence-electron chi connectivity index (χ4n) is 4.01. The minimum atomic E-state index is -1.30. The van der Waals surface area contributed by atoms with Gasteiger partial charge in [-0.2, -0.15) is 0 Å². The summed E-state index contributed by atoms with van der Waals surface area (Å²) in [6, 6.07) is 24.1. The quantitative estimate of drug-likeness (QED) is 0.722. The van der Waals surface area contributed by atoms with E-state index in [1.54, 1.807) is 11.0 Å². The van der Waals surface area contributed by atoms with E-state index >= 15 is 0 Å². The van der Waals surface area contributed by atoms with Crippen molar-refractivity contribution in [2.75, 3.05) is 23.8 Å². The number of carbonyl (C=O) groups excluding carboxylic acids is 2. The predicted molar refractivity (Wildman–Crippen MR) is 110 cm³/mol. The molecule has 0 saturated heterocycles. The van der Waals surface area contributed by atoms with Crippen molar-refractivity contribution in [1.82, 2.24) is 4.90 Å². The van der Waals surface area contributed by atoms with Gasteiger partial charge in [-0.3, -0.25) is 9.59 Å². The van der Waals surface area contributed by atoms with Gasteiger partial charge in [-0.25, -0.2) is 0 Å². The number of fused-ring (bicyclic) bond motifs is 3. The largest absolute Gasteiger partial charge is 0.492 e. The Kier molecular flexibility index (Phi) is 3.98. The summed E-state index contributed by atoms with van der Waals surface area (Å²) in [4.78, 5) is 28.2. The average Bonchev–Trinajstić information content (AvgIpc) is 3.03. The molecule has 2 aliphatic rings. The first-order valence-electron chi connectivity index (χ1n) is 9.48. The third-order valence-electron chi connectivity index (χ3n) is 5.34. The Hall–Kier alpha value is -3.80. The van der Waals surface area contributed by atoms with Crippen LogP contribution in [0, 0.1) is 0 Å². The van der Waals surface area contributed by atoms with E-state index in [0.717, 1.165) is 11.3 Å². The molecule has 6 nitrogen and oxygen atoms in total. The van der Waals surface area contributed by atoms with Crippen molar-refractivity contribution in [3.8, 4) is 5.75 Å². The monoisotopic (exact) mass is 385 g/mol. The molecule has 2 heterocycles. The Bertz CT molecular complexity index is 1100. The maximum atomic E-state index is 13.4. The highest BCUT2D eigenvalue weighted by molar-refractivity contribution is 6.14. The van der Waals surface area contributed by atoms with E-state index in [0.29, 0.717) is 16.9 Å². The molecule has 0 bridgehead atoms. The third kappa shape index (κ3) is 2.64. The van der Waals surface area contributed by atoms with Crippen LogP contribution in [-0.4, -0.2) is 29.9 Å². The maximum absolute atomic E-state index is 13.4. The molecule has 6 heteroatoms. The molecule has 0 aromatic heterocycles. The van der Waals surface area contributed by atoms with Gasteiger partial charge in [-0.15, -0.1) is 0 Å². The lowest BCUT2D eigenvalue weighted by Crippen LogP contribution is -2.62. The summed E-state index contributed by atoms with van der Waals surface area (Å²) in [6.45, 7) is 0.508. The van der Waals surface area contributed by atoms with Crippen molar-refractivity contribution in [3.05, 3.63) is 90.0 Å². The molecule has 144 valence electrons. The number of carbonyl (C=O) groups is 2. The average molecular weight is 385 g/mol. The summed E-state index contributed by atoms with van der Waals surface area (Å²) >= 11 is 0. The molecule has 3 aromatic rings. The van der Waals surface area contributed by atoms with Crippen LogP contribution >= 0.6 is 0 Å². The summed E-state index contributed by atoms with van der Waals surface area (Å²) in [6.07, 6.45) is 0. The van der Waals surface area contributed by atoms with E-state index in [1.165, 1.54) is 0 Å². The molecule has 0 unspecified atom stereocenters. The lowest BCUT2D eigenvalue weighted by molar-refractivity contribution is -0.125. The van der Waals surface area contributed by atoms with Crippen molar-refractivity contribution < 1.29 is 14.3 Å². The SMILES string of the molecule is O=C1c2ccccc2N[C@@]2(C(=O)Nc3ccccc32)N1CCOc1ccccc1. The predicted octanol–water partition coefficient (Wildman–Crippen LogP) is 3.44. The molecule has 0 saturated carbocycles. The lowest BCUT2D eigenvalue weighted by atomic mass is 9.93. The number of anilines is 2. The minimum absolute atomic E-state index is 0.206. The number of hydrogen-bond donors (Lipinski definition) is 2. The highest BCUT2D eigenvalue weighted by Crippen LogP contribution is 2.45. The fraction of sp³-hybridized carbons (Fsp3) is 0.130. The number of rotatable bonds is 4. The number of nitrogens with zero attached hydrogens (tertiary/aromatic N) is 1. The Morgan fingerprint density at radius 3 is 2.34 bits per heavy atom. The Morgan fingerprint density at radius 1 is 0.828 bits per heavy atom. The molecular weight excluding hydrogens is 366 g/mol. The van der Waals surface area contributed by atoms with E-state index < -0.39 is 5.66 Å². The van der Waals surface area contributed by atoms with Crippen LogP contribution in [0.3, 0.4) is 0 Å². The molecule has 29 heavy (non-hydrogen) atoms. The summed E-state index contributed by atoms with van der Waals surface area (Å²) < 4.78 is 5.82. The van der Waals surface area contributed by atoms with Crippen LogP contribution in [0.25, 0.3) is 0 Å². The third-order valence-corrected chi connectivity index (χ3v) is 5.34. The number of hydrogen-bond acceptors (Lipinski definition) is 4. The molecule has 0 aliphatic carbocycles. The molecule has 2 aliphatic heterocycles. The highest BCUT2D eigenvalue weighted by atomic mass is 16.5. The molecule has 3 aromatic carbocycles. The fourth-order valence-corrected chi connectivity index (χ4v) is 4.01. The van der Waals surface area contributed by atoms with Gasteiger partial charge >= 0.3 is 0 Å². The van der Waals surface area contributed by atoms with Crippen LogP contribution in [0.2, 0.25) is 0 Å². The van der Waals surface area contributed by atoms with Crippen molar-refractivity contribution >= 4 is 23.2 Å². The van der Waals surface area contributed by atoms with E-state index in [4.69, 9.17) is 4.74 Å². The summed E-state index contributed by atoms with van der Waals surface area (Å²) in [5.41, 5.74) is 1.31. The molecule has 1 spiro atoms. The van der Waals surface area contributed by atoms with Gasteiger partial charge in [0.15, 0.2) is 0 Å². The van der Waals surface area contributed by atoms with Crippen LogP contribution in [0.4, 0.5) is 11.4 Å². The molecule has 1 atom stereocenters. The summed E-state index contributed by atoms with van der Waals surface area (Å²) in [5, 5.41) is 6.26. The lowest BCUT2D eigenvalue weighted by Gasteiger charge is -2.44. The molecule has 2 amide bonds. The van der Waals surface area contributed by atoms with Gasteiger partial charge in [-0.05, 0) is 30.3 Å². The van der Waals surface area contributed by atoms with Crippen LogP contribution in [0.5, 0.6) is 5.75 Å². The number of para-hydroxylation sites is 3. The second kappa shape index (κ2) is 6.67. The number of amides is 2. The van der Waals surface area contributed by atoms with Gasteiger partial charge in [0.2, 0.25) is 5.66 Å². The molecular formula is C23H19N3O3. The van der Waals surface area contributed by atoms with Gasteiger partial charge in [0.05, 0.1) is 12.1 Å². The van der Waals surface area contributed by atoms with Gasteiger partial charge < -0.3 is 20.3 Å². The standard InChI is InChI=1S/C23H19N3O3/c27-21-17-10-4-6-12-19(17)25-23(18-11-5-7-13-20(18)24-22(23)28)26(21)14-15-29-16-8-2-1-3-9-16/h1-13,25H,14-15H2,(H,24,28)/t23-/m1/s1. The smallest absolute Gasteiger partial charge is 0.276 e. The zero-order valence-corrected chi connectivity index (χ0v) is 15.6. The summed E-state index contributed by atoms with van der Waals surface area (Å²) in [7, 11) is 0. The number of benzene rings is 3. The number of nitrogens with one attached hydrogen (secondary N) is 2. The first kappa shape index (κ1) is 17.3. The Morgan fingerprint density at radius 2 is 1.52 bits per heavy atom. The highest BCUT2D eigenvalue weighted by Gasteiger charge is 2.56. The second-order valence-corrected chi connectivity index (χ2v) is 7.00. The van der Waals surface area contributed by atoms with Crippen LogP contribution in [0.1, 0.15) is 15.9 Å². The first-order chi connectivity index (χ1) is 14.2. The van der Waals surface area contributed by atoms with Crippen molar-refractivity contribution in [2.45, 2.75) is 5.66 Å². The van der Waals surface area contributed by atoms with Gasteiger partial charge in [0, 0.05) is 16.9 Å². The Balaban J connectivity index is 1.54. The van der Waals surface area contributed by atoms with Crippen LogP contribution in [-0.2, 0) is 10.5 Å². The first-order valence-corrected chi connectivity index (χ1v) is 9.48. The van der Waals surface area contributed by atoms with Crippen molar-refractivity contribution in [2.24, 2.45) is 0 Å². The van der Waals surface area contributed by atoms with Crippen molar-refractivity contribution in [3.63, 3.8) is 0 Å². The van der Waals surface area contributed by atoms with Gasteiger partial charge in [0.1, 0.15) is 12.4 Å². The zero-order valence-electron chi connectivity index (χ0n) is 15.6. The van der Waals surface area contributed by atoms with Crippen LogP contribution in [0.15, 0.2) is 78.9 Å². The van der Waals surface area contributed by atoms with Gasteiger partial charge in [-0.1, -0.05) is 48.5 Å². The molecule has 2 N–H and O–H groups in total. The topological polar surface area (TPSA) is 70.7 Å². The van der Waals surface area contributed by atoms with E-state index in [9.17, 15) is 9.59 Å². The normalized spacial score (nSPS) is 19.4. The molecule has 0 radical (unpaired) electrons. The van der Waals surface area contributed by atoms with Crippen molar-refractivity contribution in [1.29, 1.82) is 0 Å². The molecule has 5 rings (SSSR count). The second-order valence-electron chi connectivity index (χ2n) is 7.00. The maximum Gasteiger partial charge on any atom is 0.276 e. The van der Waals surface area contributed by atoms with E-state index in [2.05, 4.69) is 10.6 Å². The summed E-state index contributed by atoms with van der Waals surface area (Å²) in [5.74, 6) is 0.236. The van der Waals surface area contributed by atoms with Gasteiger partial charge in [0.25, 0.3) is 11.8 Å². The molecule has 0 fully saturated rings.